The molecule has 1 amide bonds. The average molecular weight is 308 g/mol. The van der Waals surface area contributed by atoms with Crippen LogP contribution in [0.1, 0.15) is 10.4 Å². The molecule has 1 aromatic carbocycles. The Morgan fingerprint density at radius 1 is 1.28 bits per heavy atom. The minimum atomic E-state index is -0.533. The third kappa shape index (κ3) is 2.60. The Bertz CT molecular complexity index is 564. The fraction of sp³-hybridized carbons (Fsp3) is 0. The number of pyridine rings is 1. The van der Waals surface area contributed by atoms with Gasteiger partial charge in [-0.15, -0.1) is 0 Å². The Hall–Kier alpha value is -2.08. The van der Waals surface area contributed by atoms with Crippen LogP contribution in [0.3, 0.4) is 0 Å². The van der Waals surface area contributed by atoms with E-state index in [9.17, 15) is 4.79 Å². The van der Waals surface area contributed by atoms with Crippen LogP contribution in [0.25, 0.3) is 0 Å². The van der Waals surface area contributed by atoms with Gasteiger partial charge >= 0.3 is 0 Å². The number of carbonyl (C=O) groups excluding carboxylic acids is 1. The van der Waals surface area contributed by atoms with Gasteiger partial charge in [0.05, 0.1) is 15.7 Å². The third-order valence-corrected chi connectivity index (χ3v) is 2.85. The van der Waals surface area contributed by atoms with E-state index in [1.807, 2.05) is 6.07 Å². The number of carbonyl (C=O) groups is 1. The molecule has 0 saturated carbocycles. The van der Waals surface area contributed by atoms with Crippen LogP contribution in [0.4, 0.5) is 5.69 Å². The van der Waals surface area contributed by atoms with Crippen LogP contribution in [-0.2, 0) is 0 Å². The summed E-state index contributed by atoms with van der Waals surface area (Å²) in [5, 5.41) is 0. The monoisotopic (exact) mass is 307 g/mol. The zero-order valence-electron chi connectivity index (χ0n) is 9.26. The van der Waals surface area contributed by atoms with Gasteiger partial charge in [0, 0.05) is 12.3 Å². The first-order chi connectivity index (χ1) is 8.58. The second-order valence-corrected chi connectivity index (χ2v) is 4.36. The van der Waals surface area contributed by atoms with E-state index in [1.54, 1.807) is 18.2 Å². The van der Waals surface area contributed by atoms with Crippen LogP contribution in [0, 0.1) is 0 Å². The van der Waals surface area contributed by atoms with E-state index < -0.39 is 5.91 Å². The molecule has 0 bridgehead atoms. The van der Waals surface area contributed by atoms with Crippen molar-refractivity contribution in [1.29, 1.82) is 0 Å². The Labute approximate surface area is 112 Å². The van der Waals surface area contributed by atoms with Gasteiger partial charge in [-0.3, -0.25) is 4.79 Å². The Balaban J connectivity index is 2.26. The first kappa shape index (κ1) is 12.4. The summed E-state index contributed by atoms with van der Waals surface area (Å²) in [6.07, 6.45) is 1.35. The van der Waals surface area contributed by atoms with Crippen molar-refractivity contribution in [2.75, 3.05) is 5.73 Å². The Kier molecular flexibility index (Phi) is 3.47. The van der Waals surface area contributed by atoms with Crippen molar-refractivity contribution in [2.24, 2.45) is 5.73 Å². The van der Waals surface area contributed by atoms with Gasteiger partial charge < -0.3 is 16.2 Å². The topological polar surface area (TPSA) is 91.2 Å². The normalized spacial score (nSPS) is 10.1. The SMILES string of the molecule is NC(=O)c1ccc(Oc2c(N)cccc2Br)nc1. The van der Waals surface area contributed by atoms with E-state index in [0.29, 0.717) is 22.9 Å². The molecule has 2 rings (SSSR count). The second-order valence-electron chi connectivity index (χ2n) is 3.51. The van der Waals surface area contributed by atoms with Crippen molar-refractivity contribution in [3.8, 4) is 11.6 Å². The van der Waals surface area contributed by atoms with Crippen molar-refractivity contribution >= 4 is 27.5 Å². The van der Waals surface area contributed by atoms with E-state index >= 15 is 0 Å². The number of nitrogens with two attached hydrogens (primary N) is 2. The van der Waals surface area contributed by atoms with E-state index in [1.165, 1.54) is 12.3 Å². The fourth-order valence-corrected chi connectivity index (χ4v) is 1.79. The average Bonchev–Trinajstić information content (AvgIpc) is 2.34. The number of rotatable bonds is 3. The number of primary amides is 1. The highest BCUT2D eigenvalue weighted by Gasteiger charge is 2.08. The summed E-state index contributed by atoms with van der Waals surface area (Å²) in [4.78, 5) is 14.9. The lowest BCUT2D eigenvalue weighted by molar-refractivity contribution is 0.1000. The minimum Gasteiger partial charge on any atom is -0.436 e. The summed E-state index contributed by atoms with van der Waals surface area (Å²) in [5.74, 6) is 0.282. The first-order valence-corrected chi connectivity index (χ1v) is 5.85. The number of benzene rings is 1. The number of amides is 1. The summed E-state index contributed by atoms with van der Waals surface area (Å²) < 4.78 is 6.26. The quantitative estimate of drug-likeness (QED) is 0.851. The van der Waals surface area contributed by atoms with Gasteiger partial charge in [-0.05, 0) is 34.1 Å². The molecule has 6 heteroatoms. The number of nitrogens with zero attached hydrogens (tertiary/aromatic N) is 1. The van der Waals surface area contributed by atoms with Crippen molar-refractivity contribution in [1.82, 2.24) is 4.98 Å². The van der Waals surface area contributed by atoms with Gasteiger partial charge in [-0.25, -0.2) is 4.98 Å². The zero-order valence-corrected chi connectivity index (χ0v) is 10.8. The van der Waals surface area contributed by atoms with Crippen LogP contribution in [0.5, 0.6) is 11.6 Å². The van der Waals surface area contributed by atoms with Gasteiger partial charge in [0.15, 0.2) is 5.75 Å². The molecule has 0 spiro atoms. The van der Waals surface area contributed by atoms with Gasteiger partial charge in [0.1, 0.15) is 0 Å². The molecule has 0 aliphatic carbocycles. The number of nitrogen functional groups attached to an aromatic ring is 1. The van der Waals surface area contributed by atoms with Crippen LogP contribution < -0.4 is 16.2 Å². The number of halogens is 1. The molecule has 0 saturated heterocycles. The predicted octanol–water partition coefficient (Wildman–Crippen LogP) is 2.32. The van der Waals surface area contributed by atoms with Gasteiger partial charge in [-0.1, -0.05) is 6.07 Å². The van der Waals surface area contributed by atoms with Crippen LogP contribution in [-0.4, -0.2) is 10.9 Å². The van der Waals surface area contributed by atoms with Crippen molar-refractivity contribution in [3.05, 3.63) is 46.6 Å². The van der Waals surface area contributed by atoms with Crippen molar-refractivity contribution < 1.29 is 9.53 Å². The zero-order chi connectivity index (χ0) is 13.1. The number of hydrogen-bond donors (Lipinski definition) is 2. The molecule has 0 atom stereocenters. The molecule has 0 radical (unpaired) electrons. The lowest BCUT2D eigenvalue weighted by atomic mass is 10.3. The molecule has 1 aromatic heterocycles. The minimum absolute atomic E-state index is 0.322. The number of hydrogen-bond acceptors (Lipinski definition) is 4. The number of aromatic nitrogens is 1. The molecular formula is C12H10BrN3O2. The molecule has 4 N–H and O–H groups in total. The molecule has 92 valence electrons. The standard InChI is InChI=1S/C12H10BrN3O2/c13-8-2-1-3-9(14)11(8)18-10-5-4-7(6-16-10)12(15)17/h1-6H,14H2,(H2,15,17). The third-order valence-electron chi connectivity index (χ3n) is 2.22. The summed E-state index contributed by atoms with van der Waals surface area (Å²) in [6, 6.07) is 8.42. The summed E-state index contributed by atoms with van der Waals surface area (Å²) in [6.45, 7) is 0. The molecular weight excluding hydrogens is 298 g/mol. The Morgan fingerprint density at radius 2 is 2.06 bits per heavy atom. The maximum atomic E-state index is 10.9. The van der Waals surface area contributed by atoms with Crippen molar-refractivity contribution in [3.63, 3.8) is 0 Å². The van der Waals surface area contributed by atoms with Gasteiger partial charge in [0.2, 0.25) is 11.8 Å². The maximum absolute atomic E-state index is 10.9. The molecule has 5 nitrogen and oxygen atoms in total. The lowest BCUT2D eigenvalue weighted by Crippen LogP contribution is -2.10. The van der Waals surface area contributed by atoms with E-state index in [0.717, 1.165) is 4.47 Å². The highest BCUT2D eigenvalue weighted by atomic mass is 79.9. The number of ether oxygens (including phenoxy) is 1. The molecule has 18 heavy (non-hydrogen) atoms. The maximum Gasteiger partial charge on any atom is 0.250 e. The first-order valence-electron chi connectivity index (χ1n) is 5.05. The summed E-state index contributed by atoms with van der Waals surface area (Å²) in [5.41, 5.74) is 11.7. The Morgan fingerprint density at radius 3 is 2.61 bits per heavy atom. The molecule has 0 aliphatic heterocycles. The van der Waals surface area contributed by atoms with Crippen LogP contribution in [0.15, 0.2) is 41.0 Å². The fourth-order valence-electron chi connectivity index (χ4n) is 1.32. The smallest absolute Gasteiger partial charge is 0.250 e. The van der Waals surface area contributed by atoms with E-state index in [2.05, 4.69) is 20.9 Å². The highest BCUT2D eigenvalue weighted by molar-refractivity contribution is 9.10. The van der Waals surface area contributed by atoms with Gasteiger partial charge in [0.25, 0.3) is 0 Å². The molecule has 2 aromatic rings. The van der Waals surface area contributed by atoms with E-state index in [-0.39, 0.29) is 0 Å². The largest absolute Gasteiger partial charge is 0.436 e. The van der Waals surface area contributed by atoms with Crippen LogP contribution >= 0.6 is 15.9 Å². The predicted molar refractivity (Wildman–Crippen MR) is 71.4 cm³/mol. The summed E-state index contributed by atoms with van der Waals surface area (Å²) >= 11 is 3.34. The van der Waals surface area contributed by atoms with E-state index in [4.69, 9.17) is 16.2 Å². The molecule has 0 aliphatic rings. The lowest BCUT2D eigenvalue weighted by Gasteiger charge is -2.09. The second kappa shape index (κ2) is 5.05. The molecule has 1 heterocycles. The van der Waals surface area contributed by atoms with Crippen molar-refractivity contribution in [2.45, 2.75) is 0 Å². The molecule has 0 unspecified atom stereocenters. The molecule has 0 fully saturated rings. The highest BCUT2D eigenvalue weighted by Crippen LogP contribution is 2.34. The summed E-state index contributed by atoms with van der Waals surface area (Å²) in [7, 11) is 0. The number of para-hydroxylation sites is 1. The van der Waals surface area contributed by atoms with Gasteiger partial charge in [-0.2, -0.15) is 0 Å². The van der Waals surface area contributed by atoms with Crippen LogP contribution in [0.2, 0.25) is 0 Å². The number of anilines is 1.